The first kappa shape index (κ1) is 16.5. The lowest BCUT2D eigenvalue weighted by atomic mass is 9.89. The molecule has 0 spiro atoms. The summed E-state index contributed by atoms with van der Waals surface area (Å²) in [4.78, 5) is 25.0. The first-order valence-corrected chi connectivity index (χ1v) is 7.84. The number of nitrogens with zero attached hydrogens (tertiary/aromatic N) is 3. The molecule has 1 heterocycles. The molecule has 2 rings (SSSR count). The van der Waals surface area contributed by atoms with E-state index in [9.17, 15) is 9.59 Å². The van der Waals surface area contributed by atoms with E-state index in [1.807, 2.05) is 0 Å². The normalized spacial score (nSPS) is 15.4. The molecule has 0 atom stereocenters. The van der Waals surface area contributed by atoms with E-state index in [1.54, 1.807) is 7.05 Å². The van der Waals surface area contributed by atoms with Gasteiger partial charge in [-0.25, -0.2) is 0 Å². The molecule has 7 nitrogen and oxygen atoms in total. The largest absolute Gasteiger partial charge is 0.305 e. The molecule has 8 heteroatoms. The molecule has 0 bridgehead atoms. The standard InChI is InChI=1S/C14H20N4O3S/c1-10(19)8-13(22)17(2)18-9-12(21-16-18)15-14(20)11-6-4-3-5-7-11/h9,11H,3-8H2,1-2H3/p+1. The average Bonchev–Trinajstić information content (AvgIpc) is 2.95. The molecule has 120 valence electrons. The minimum absolute atomic E-state index is 0.0215. The number of Topliss-reactive ketones (excluding diaryl/α,β-unsaturated/α-hetero) is 1. The molecule has 1 aliphatic rings. The quantitative estimate of drug-likeness (QED) is 0.650. The van der Waals surface area contributed by atoms with Crippen LogP contribution in [0.5, 0.6) is 0 Å². The Kier molecular flexibility index (Phi) is 5.59. The van der Waals surface area contributed by atoms with E-state index in [2.05, 4.69) is 10.6 Å². The first-order chi connectivity index (χ1) is 10.5. The highest BCUT2D eigenvalue weighted by atomic mass is 32.1. The predicted molar refractivity (Wildman–Crippen MR) is 83.9 cm³/mol. The fourth-order valence-electron chi connectivity index (χ4n) is 2.46. The summed E-state index contributed by atoms with van der Waals surface area (Å²) in [5.41, 5.74) is 0. The van der Waals surface area contributed by atoms with E-state index in [4.69, 9.17) is 16.7 Å². The summed E-state index contributed by atoms with van der Waals surface area (Å²) >= 11 is 5.15. The highest BCUT2D eigenvalue weighted by molar-refractivity contribution is 7.80. The van der Waals surface area contributed by atoms with Gasteiger partial charge in [0.15, 0.2) is 0 Å². The fourth-order valence-corrected chi connectivity index (χ4v) is 2.75. The second-order valence-electron chi connectivity index (χ2n) is 5.61. The van der Waals surface area contributed by atoms with E-state index in [0.717, 1.165) is 25.7 Å². The number of rotatable bonds is 5. The van der Waals surface area contributed by atoms with Gasteiger partial charge < -0.3 is 0 Å². The number of nitrogens with one attached hydrogen (secondary N) is 1. The third-order valence-corrected chi connectivity index (χ3v) is 4.15. The SMILES string of the molecule is CC(=O)CC(=S)N(C)[n+]1cc(NC(=O)C2CCCCC2)on1. The first-order valence-electron chi connectivity index (χ1n) is 7.43. The zero-order valence-electron chi connectivity index (χ0n) is 12.9. The van der Waals surface area contributed by atoms with Gasteiger partial charge in [-0.05, 0) is 19.8 Å². The molecule has 22 heavy (non-hydrogen) atoms. The van der Waals surface area contributed by atoms with Crippen molar-refractivity contribution in [1.82, 2.24) is 5.27 Å². The van der Waals surface area contributed by atoms with Crippen LogP contribution >= 0.6 is 12.2 Å². The van der Waals surface area contributed by atoms with Crippen molar-refractivity contribution in [1.29, 1.82) is 0 Å². The van der Waals surface area contributed by atoms with Crippen LogP contribution in [0.2, 0.25) is 0 Å². The van der Waals surface area contributed by atoms with Gasteiger partial charge in [0, 0.05) is 5.92 Å². The van der Waals surface area contributed by atoms with E-state index in [0.29, 0.717) is 4.99 Å². The number of amides is 1. The Morgan fingerprint density at radius 2 is 2.14 bits per heavy atom. The topological polar surface area (TPSA) is 79.3 Å². The summed E-state index contributed by atoms with van der Waals surface area (Å²) in [7, 11) is 1.68. The molecule has 1 aliphatic carbocycles. The molecule has 1 aromatic rings. The van der Waals surface area contributed by atoms with E-state index < -0.39 is 0 Å². The van der Waals surface area contributed by atoms with Crippen LogP contribution in [0.15, 0.2) is 10.7 Å². The van der Waals surface area contributed by atoms with Crippen molar-refractivity contribution in [3.05, 3.63) is 6.20 Å². The average molecular weight is 325 g/mol. The monoisotopic (exact) mass is 325 g/mol. The van der Waals surface area contributed by atoms with Crippen LogP contribution in [0.4, 0.5) is 5.88 Å². The van der Waals surface area contributed by atoms with E-state index in [-0.39, 0.29) is 29.9 Å². The van der Waals surface area contributed by atoms with Crippen molar-refractivity contribution in [2.24, 2.45) is 5.92 Å². The van der Waals surface area contributed by atoms with Crippen molar-refractivity contribution in [3.63, 3.8) is 0 Å². The van der Waals surface area contributed by atoms with E-state index >= 15 is 0 Å². The molecule has 1 amide bonds. The number of hydrogen-bond acceptors (Lipinski definition) is 5. The van der Waals surface area contributed by atoms with Crippen LogP contribution in [-0.4, -0.2) is 29.0 Å². The van der Waals surface area contributed by atoms with Gasteiger partial charge in [-0.1, -0.05) is 31.5 Å². The predicted octanol–water partition coefficient (Wildman–Crippen LogP) is 1.36. The number of ketones is 1. The molecule has 1 saturated carbocycles. The summed E-state index contributed by atoms with van der Waals surface area (Å²) in [6.07, 6.45) is 6.92. The number of anilines is 1. The molecular formula is C14H21N4O3S+. The smallest absolute Gasteiger partial charge is 0.300 e. The minimum atomic E-state index is -0.0306. The number of carbonyl (C=O) groups is 2. The summed E-state index contributed by atoms with van der Waals surface area (Å²) in [6.45, 7) is 1.48. The highest BCUT2D eigenvalue weighted by Crippen LogP contribution is 2.24. The summed E-state index contributed by atoms with van der Waals surface area (Å²) in [5.74, 6) is 0.264. The van der Waals surface area contributed by atoms with Crippen molar-refractivity contribution >= 4 is 34.8 Å². The maximum absolute atomic E-state index is 12.1. The zero-order valence-corrected chi connectivity index (χ0v) is 13.7. The molecule has 0 radical (unpaired) electrons. The zero-order chi connectivity index (χ0) is 16.1. The maximum atomic E-state index is 12.1. The van der Waals surface area contributed by atoms with Crippen molar-refractivity contribution in [2.45, 2.75) is 45.4 Å². The van der Waals surface area contributed by atoms with Gasteiger partial charge in [0.1, 0.15) is 10.8 Å². The molecular weight excluding hydrogens is 304 g/mol. The molecule has 0 aromatic carbocycles. The molecule has 0 unspecified atom stereocenters. The Balaban J connectivity index is 1.94. The summed E-state index contributed by atoms with van der Waals surface area (Å²) < 4.78 is 5.10. The Morgan fingerprint density at radius 1 is 1.45 bits per heavy atom. The van der Waals surface area contributed by atoms with Crippen LogP contribution in [0.3, 0.4) is 0 Å². The van der Waals surface area contributed by atoms with Crippen LogP contribution < -0.4 is 15.1 Å². The third kappa shape index (κ3) is 4.33. The van der Waals surface area contributed by atoms with E-state index in [1.165, 1.54) is 29.3 Å². The van der Waals surface area contributed by atoms with Gasteiger partial charge in [0.25, 0.3) is 6.20 Å². The molecule has 1 aromatic heterocycles. The Labute approximate surface area is 134 Å². The molecule has 1 N–H and O–H groups in total. The molecule has 0 saturated heterocycles. The van der Waals surface area contributed by atoms with Crippen molar-refractivity contribution in [3.8, 4) is 0 Å². The van der Waals surface area contributed by atoms with Gasteiger partial charge in [-0.15, -0.1) is 5.01 Å². The highest BCUT2D eigenvalue weighted by Gasteiger charge is 2.25. The van der Waals surface area contributed by atoms with Gasteiger partial charge in [0.05, 0.1) is 18.3 Å². The van der Waals surface area contributed by atoms with Gasteiger partial charge in [-0.2, -0.15) is 0 Å². The van der Waals surface area contributed by atoms with Crippen LogP contribution in [-0.2, 0) is 9.59 Å². The number of thiocarbonyl (C=S) groups is 1. The van der Waals surface area contributed by atoms with Gasteiger partial charge in [-0.3, -0.25) is 19.4 Å². The Morgan fingerprint density at radius 3 is 2.77 bits per heavy atom. The fraction of sp³-hybridized carbons (Fsp3) is 0.643. The Bertz CT molecular complexity index is 566. The number of hydrogen-bond donors (Lipinski definition) is 1. The number of aromatic nitrogens is 2. The van der Waals surface area contributed by atoms with Gasteiger partial charge >= 0.3 is 5.88 Å². The van der Waals surface area contributed by atoms with Crippen LogP contribution in [0.1, 0.15) is 45.4 Å². The molecule has 0 aliphatic heterocycles. The van der Waals surface area contributed by atoms with Crippen LogP contribution in [0, 0.1) is 5.92 Å². The number of carbonyl (C=O) groups excluding carboxylic acids is 2. The lowest BCUT2D eigenvalue weighted by Gasteiger charge is -2.19. The lowest BCUT2D eigenvalue weighted by molar-refractivity contribution is -0.744. The second-order valence-corrected chi connectivity index (χ2v) is 6.08. The minimum Gasteiger partial charge on any atom is -0.300 e. The second kappa shape index (κ2) is 7.44. The summed E-state index contributed by atoms with van der Waals surface area (Å²) in [5, 5.41) is 8.06. The maximum Gasteiger partial charge on any atom is 0.305 e. The third-order valence-electron chi connectivity index (χ3n) is 3.75. The van der Waals surface area contributed by atoms with Crippen LogP contribution in [0.25, 0.3) is 0 Å². The molecule has 1 fully saturated rings. The van der Waals surface area contributed by atoms with Crippen molar-refractivity contribution in [2.75, 3.05) is 17.4 Å². The summed E-state index contributed by atoms with van der Waals surface area (Å²) in [6, 6.07) is 0. The Hall–Kier alpha value is -1.83. The van der Waals surface area contributed by atoms with Crippen molar-refractivity contribution < 1.29 is 18.9 Å². The van der Waals surface area contributed by atoms with Gasteiger partial charge in [0.2, 0.25) is 11.2 Å². The lowest BCUT2D eigenvalue weighted by Crippen LogP contribution is -2.59.